The van der Waals surface area contributed by atoms with E-state index in [1.54, 1.807) is 18.3 Å². The molecule has 3 heterocycles. The van der Waals surface area contributed by atoms with Crippen molar-refractivity contribution in [3.8, 4) is 0 Å². The van der Waals surface area contributed by atoms with Crippen LogP contribution in [0.4, 0.5) is 11.5 Å². The van der Waals surface area contributed by atoms with Crippen LogP contribution in [0.1, 0.15) is 30.3 Å². The highest BCUT2D eigenvalue weighted by molar-refractivity contribution is 5.93. The Morgan fingerprint density at radius 1 is 1.15 bits per heavy atom. The van der Waals surface area contributed by atoms with Crippen LogP contribution in [0.5, 0.6) is 0 Å². The van der Waals surface area contributed by atoms with Gasteiger partial charge in [0.1, 0.15) is 0 Å². The monoisotopic (exact) mass is 347 g/mol. The zero-order valence-electron chi connectivity index (χ0n) is 14.7. The van der Waals surface area contributed by atoms with Gasteiger partial charge in [0.05, 0.1) is 11.2 Å². The summed E-state index contributed by atoms with van der Waals surface area (Å²) in [5.41, 5.74) is 2.13. The second-order valence-corrected chi connectivity index (χ2v) is 6.81. The van der Waals surface area contributed by atoms with E-state index >= 15 is 0 Å². The maximum atomic E-state index is 12.6. The molecule has 2 aromatic heterocycles. The summed E-state index contributed by atoms with van der Waals surface area (Å²) in [7, 11) is 0. The molecular weight excluding hydrogens is 326 g/mol. The number of nitrogens with one attached hydrogen (secondary N) is 1. The fourth-order valence-electron chi connectivity index (χ4n) is 3.39. The number of amides is 1. The number of carbonyl (C=O) groups is 1. The highest BCUT2D eigenvalue weighted by Gasteiger charge is 2.23. The quantitative estimate of drug-likeness (QED) is 0.783. The SMILES string of the molecule is CC1CCCN(C(=O)c2ccc(Nc3cccc4cccnc34)nn2)C1. The Kier molecular flexibility index (Phi) is 4.48. The molecule has 1 aliphatic heterocycles. The Morgan fingerprint density at radius 2 is 2.04 bits per heavy atom. The number of pyridine rings is 1. The number of nitrogens with zero attached hydrogens (tertiary/aromatic N) is 4. The van der Waals surface area contributed by atoms with Gasteiger partial charge in [-0.2, -0.15) is 0 Å². The molecule has 1 fully saturated rings. The number of hydrogen-bond donors (Lipinski definition) is 1. The molecule has 1 atom stereocenters. The van der Waals surface area contributed by atoms with E-state index in [4.69, 9.17) is 0 Å². The highest BCUT2D eigenvalue weighted by atomic mass is 16.2. The van der Waals surface area contributed by atoms with Gasteiger partial charge in [0.2, 0.25) is 0 Å². The van der Waals surface area contributed by atoms with Gasteiger partial charge in [-0.05, 0) is 43.0 Å². The molecule has 26 heavy (non-hydrogen) atoms. The Labute approximate surface area is 152 Å². The summed E-state index contributed by atoms with van der Waals surface area (Å²) < 4.78 is 0. The van der Waals surface area contributed by atoms with Crippen molar-refractivity contribution in [1.29, 1.82) is 0 Å². The molecule has 132 valence electrons. The van der Waals surface area contributed by atoms with Gasteiger partial charge in [0, 0.05) is 24.7 Å². The number of para-hydroxylation sites is 1. The molecule has 0 spiro atoms. The minimum Gasteiger partial charge on any atom is -0.337 e. The molecule has 1 N–H and O–H groups in total. The van der Waals surface area contributed by atoms with Gasteiger partial charge < -0.3 is 10.2 Å². The Hall–Kier alpha value is -3.02. The zero-order valence-corrected chi connectivity index (χ0v) is 14.7. The second kappa shape index (κ2) is 7.07. The Balaban J connectivity index is 1.51. The third kappa shape index (κ3) is 3.35. The predicted octanol–water partition coefficient (Wildman–Crippen LogP) is 3.64. The van der Waals surface area contributed by atoms with Crippen LogP contribution in [-0.4, -0.2) is 39.1 Å². The van der Waals surface area contributed by atoms with Crippen molar-refractivity contribution in [3.63, 3.8) is 0 Å². The van der Waals surface area contributed by atoms with Gasteiger partial charge in [-0.1, -0.05) is 25.1 Å². The van der Waals surface area contributed by atoms with E-state index in [-0.39, 0.29) is 5.91 Å². The molecule has 3 aromatic rings. The molecule has 0 aliphatic carbocycles. The molecule has 0 radical (unpaired) electrons. The van der Waals surface area contributed by atoms with Crippen LogP contribution in [0.2, 0.25) is 0 Å². The predicted molar refractivity (Wildman–Crippen MR) is 101 cm³/mol. The summed E-state index contributed by atoms with van der Waals surface area (Å²) in [6.07, 6.45) is 3.99. The highest BCUT2D eigenvalue weighted by Crippen LogP contribution is 2.23. The second-order valence-electron chi connectivity index (χ2n) is 6.81. The van der Waals surface area contributed by atoms with Crippen LogP contribution in [0, 0.1) is 5.92 Å². The van der Waals surface area contributed by atoms with Crippen molar-refractivity contribution in [1.82, 2.24) is 20.1 Å². The van der Waals surface area contributed by atoms with E-state index < -0.39 is 0 Å². The van der Waals surface area contributed by atoms with E-state index in [0.29, 0.717) is 17.4 Å². The summed E-state index contributed by atoms with van der Waals surface area (Å²) in [6, 6.07) is 13.4. The molecule has 0 bridgehead atoms. The van der Waals surface area contributed by atoms with Gasteiger partial charge in [0.15, 0.2) is 11.5 Å². The largest absolute Gasteiger partial charge is 0.337 e. The minimum atomic E-state index is -0.0394. The maximum absolute atomic E-state index is 12.6. The van der Waals surface area contributed by atoms with Gasteiger partial charge in [-0.15, -0.1) is 10.2 Å². The lowest BCUT2D eigenvalue weighted by Crippen LogP contribution is -2.39. The molecule has 0 saturated carbocycles. The summed E-state index contributed by atoms with van der Waals surface area (Å²) in [5, 5.41) is 12.6. The first kappa shape index (κ1) is 16.4. The topological polar surface area (TPSA) is 71.0 Å². The van der Waals surface area contributed by atoms with E-state index in [9.17, 15) is 4.79 Å². The van der Waals surface area contributed by atoms with E-state index in [2.05, 4.69) is 27.4 Å². The maximum Gasteiger partial charge on any atom is 0.274 e. The van der Waals surface area contributed by atoms with Gasteiger partial charge in [0.25, 0.3) is 5.91 Å². The van der Waals surface area contributed by atoms with E-state index in [0.717, 1.165) is 36.1 Å². The number of rotatable bonds is 3. The van der Waals surface area contributed by atoms with E-state index in [1.165, 1.54) is 6.42 Å². The summed E-state index contributed by atoms with van der Waals surface area (Å²) >= 11 is 0. The smallest absolute Gasteiger partial charge is 0.274 e. The summed E-state index contributed by atoms with van der Waals surface area (Å²) in [4.78, 5) is 18.9. The molecule has 1 amide bonds. The molecule has 1 aliphatic rings. The number of likely N-dealkylation sites (tertiary alicyclic amines) is 1. The van der Waals surface area contributed by atoms with Crippen molar-refractivity contribution in [3.05, 3.63) is 54.4 Å². The van der Waals surface area contributed by atoms with Gasteiger partial charge in [-0.25, -0.2) is 0 Å². The number of hydrogen-bond acceptors (Lipinski definition) is 5. The number of benzene rings is 1. The lowest BCUT2D eigenvalue weighted by atomic mass is 10.00. The first-order valence-electron chi connectivity index (χ1n) is 8.94. The molecule has 1 unspecified atom stereocenters. The molecule has 1 aromatic carbocycles. The van der Waals surface area contributed by atoms with Crippen molar-refractivity contribution in [2.75, 3.05) is 18.4 Å². The third-order valence-corrected chi connectivity index (χ3v) is 4.72. The Bertz CT molecular complexity index is 920. The summed E-state index contributed by atoms with van der Waals surface area (Å²) in [5.74, 6) is 1.09. The first-order valence-corrected chi connectivity index (χ1v) is 8.94. The van der Waals surface area contributed by atoms with Crippen molar-refractivity contribution >= 4 is 28.3 Å². The number of aromatic nitrogens is 3. The van der Waals surface area contributed by atoms with Crippen LogP contribution < -0.4 is 5.32 Å². The molecule has 6 nitrogen and oxygen atoms in total. The van der Waals surface area contributed by atoms with Crippen LogP contribution in [0.15, 0.2) is 48.7 Å². The molecule has 1 saturated heterocycles. The number of anilines is 2. The lowest BCUT2D eigenvalue weighted by Gasteiger charge is -2.30. The van der Waals surface area contributed by atoms with Crippen LogP contribution in [-0.2, 0) is 0 Å². The number of piperidine rings is 1. The van der Waals surface area contributed by atoms with Crippen LogP contribution >= 0.6 is 0 Å². The normalized spacial score (nSPS) is 17.3. The lowest BCUT2D eigenvalue weighted by molar-refractivity contribution is 0.0676. The summed E-state index contributed by atoms with van der Waals surface area (Å²) in [6.45, 7) is 3.77. The van der Waals surface area contributed by atoms with Crippen molar-refractivity contribution in [2.24, 2.45) is 5.92 Å². The standard InChI is InChI=1S/C20H21N5O/c1-14-5-4-12-25(13-14)20(26)17-9-10-18(24-23-17)22-16-8-2-6-15-7-3-11-21-19(15)16/h2-3,6-11,14H,4-5,12-13H2,1H3,(H,22,24). The van der Waals surface area contributed by atoms with Gasteiger partial charge in [-0.3, -0.25) is 9.78 Å². The minimum absolute atomic E-state index is 0.0394. The molecule has 4 rings (SSSR count). The number of fused-ring (bicyclic) bond motifs is 1. The van der Waals surface area contributed by atoms with Crippen LogP contribution in [0.25, 0.3) is 10.9 Å². The third-order valence-electron chi connectivity index (χ3n) is 4.72. The van der Waals surface area contributed by atoms with E-state index in [1.807, 2.05) is 35.2 Å². The fourth-order valence-corrected chi connectivity index (χ4v) is 3.39. The van der Waals surface area contributed by atoms with Crippen molar-refractivity contribution in [2.45, 2.75) is 19.8 Å². The Morgan fingerprint density at radius 3 is 2.85 bits per heavy atom. The number of carbonyl (C=O) groups excluding carboxylic acids is 1. The molecule has 6 heteroatoms. The first-order chi connectivity index (χ1) is 12.7. The van der Waals surface area contributed by atoms with Crippen molar-refractivity contribution < 1.29 is 4.79 Å². The fraction of sp³-hybridized carbons (Fsp3) is 0.300. The van der Waals surface area contributed by atoms with Crippen LogP contribution in [0.3, 0.4) is 0 Å². The average Bonchev–Trinajstić information content (AvgIpc) is 2.68. The zero-order chi connectivity index (χ0) is 17.9. The van der Waals surface area contributed by atoms with Gasteiger partial charge >= 0.3 is 0 Å². The average molecular weight is 347 g/mol. The molecular formula is C20H21N5O.